The number of rotatable bonds is 3. The van der Waals surface area contributed by atoms with Crippen LogP contribution in [0.4, 0.5) is 10.3 Å². The molecular formula is C9H12FN3. The standard InChI is InChI=1S/C9H12FN3/c1-2-6-3-8(6)13-9-11-4-7(10)5-12-9/h4-6,8H,2-3H2,1H3,(H,11,12,13)/t6-,8-/m1/s1. The lowest BCUT2D eigenvalue weighted by Crippen LogP contribution is -2.07. The molecule has 1 aromatic rings. The van der Waals surface area contributed by atoms with Crippen molar-refractivity contribution in [1.29, 1.82) is 0 Å². The van der Waals surface area contributed by atoms with E-state index < -0.39 is 5.82 Å². The number of aromatic nitrogens is 2. The Hall–Kier alpha value is -1.19. The summed E-state index contributed by atoms with van der Waals surface area (Å²) in [6, 6.07) is 0.496. The number of nitrogens with one attached hydrogen (secondary N) is 1. The van der Waals surface area contributed by atoms with Gasteiger partial charge in [0.15, 0.2) is 5.82 Å². The molecule has 3 nitrogen and oxygen atoms in total. The second-order valence-electron chi connectivity index (χ2n) is 3.38. The van der Waals surface area contributed by atoms with E-state index in [1.54, 1.807) is 0 Å². The van der Waals surface area contributed by atoms with Crippen molar-refractivity contribution in [3.05, 3.63) is 18.2 Å². The van der Waals surface area contributed by atoms with Crippen LogP contribution in [0, 0.1) is 11.7 Å². The second-order valence-corrected chi connectivity index (χ2v) is 3.38. The normalized spacial score (nSPS) is 25.7. The Morgan fingerprint density at radius 1 is 1.54 bits per heavy atom. The van der Waals surface area contributed by atoms with Gasteiger partial charge in [0.05, 0.1) is 12.4 Å². The van der Waals surface area contributed by atoms with Gasteiger partial charge >= 0.3 is 0 Å². The topological polar surface area (TPSA) is 37.8 Å². The summed E-state index contributed by atoms with van der Waals surface area (Å²) in [5, 5.41) is 3.16. The monoisotopic (exact) mass is 181 g/mol. The van der Waals surface area contributed by atoms with Crippen molar-refractivity contribution in [2.45, 2.75) is 25.8 Å². The van der Waals surface area contributed by atoms with E-state index in [1.807, 2.05) is 0 Å². The Morgan fingerprint density at radius 3 is 2.77 bits per heavy atom. The van der Waals surface area contributed by atoms with E-state index in [4.69, 9.17) is 0 Å². The quantitative estimate of drug-likeness (QED) is 0.773. The molecule has 1 aliphatic carbocycles. The summed E-state index contributed by atoms with van der Waals surface area (Å²) in [6.07, 6.45) is 4.72. The first-order chi connectivity index (χ1) is 6.29. The predicted molar refractivity (Wildman–Crippen MR) is 47.8 cm³/mol. The van der Waals surface area contributed by atoms with Crippen molar-refractivity contribution in [2.24, 2.45) is 5.92 Å². The summed E-state index contributed by atoms with van der Waals surface area (Å²) in [5.74, 6) is 0.879. The van der Waals surface area contributed by atoms with Gasteiger partial charge in [0.1, 0.15) is 0 Å². The van der Waals surface area contributed by atoms with Gasteiger partial charge in [0, 0.05) is 6.04 Å². The van der Waals surface area contributed by atoms with Crippen LogP contribution >= 0.6 is 0 Å². The van der Waals surface area contributed by atoms with E-state index in [0.717, 1.165) is 5.92 Å². The maximum atomic E-state index is 12.4. The third kappa shape index (κ3) is 1.94. The minimum absolute atomic E-state index is 0.395. The molecule has 4 heteroatoms. The molecular weight excluding hydrogens is 169 g/mol. The number of nitrogens with zero attached hydrogens (tertiary/aromatic N) is 2. The first-order valence-corrected chi connectivity index (χ1v) is 4.53. The van der Waals surface area contributed by atoms with E-state index in [0.29, 0.717) is 12.0 Å². The molecule has 0 radical (unpaired) electrons. The zero-order valence-electron chi connectivity index (χ0n) is 7.50. The lowest BCUT2D eigenvalue weighted by atomic mass is 10.3. The van der Waals surface area contributed by atoms with E-state index in [9.17, 15) is 4.39 Å². The molecule has 70 valence electrons. The molecule has 0 amide bonds. The third-order valence-corrected chi connectivity index (χ3v) is 2.38. The highest BCUT2D eigenvalue weighted by atomic mass is 19.1. The molecule has 1 saturated carbocycles. The van der Waals surface area contributed by atoms with E-state index in [2.05, 4.69) is 22.2 Å². The van der Waals surface area contributed by atoms with Gasteiger partial charge < -0.3 is 5.32 Å². The molecule has 2 rings (SSSR count). The zero-order valence-corrected chi connectivity index (χ0v) is 7.50. The Morgan fingerprint density at radius 2 is 2.23 bits per heavy atom. The van der Waals surface area contributed by atoms with E-state index in [-0.39, 0.29) is 0 Å². The summed E-state index contributed by atoms with van der Waals surface area (Å²) in [5.41, 5.74) is 0. The third-order valence-electron chi connectivity index (χ3n) is 2.38. The first kappa shape index (κ1) is 8.41. The van der Waals surface area contributed by atoms with Gasteiger partial charge in [0.2, 0.25) is 5.95 Å². The van der Waals surface area contributed by atoms with Gasteiger partial charge in [-0.15, -0.1) is 0 Å². The van der Waals surface area contributed by atoms with Crippen molar-refractivity contribution in [3.8, 4) is 0 Å². The zero-order chi connectivity index (χ0) is 9.26. The SMILES string of the molecule is CC[C@@H]1C[C@H]1Nc1ncc(F)cn1. The molecule has 1 N–H and O–H groups in total. The molecule has 0 bridgehead atoms. The number of hydrogen-bond donors (Lipinski definition) is 1. The van der Waals surface area contributed by atoms with Crippen molar-refractivity contribution >= 4 is 5.95 Å². The van der Waals surface area contributed by atoms with Gasteiger partial charge in [-0.3, -0.25) is 0 Å². The van der Waals surface area contributed by atoms with Crippen LogP contribution in [-0.4, -0.2) is 16.0 Å². The average molecular weight is 181 g/mol. The summed E-state index contributed by atoms with van der Waals surface area (Å²) in [7, 11) is 0. The average Bonchev–Trinajstić information content (AvgIpc) is 2.88. The predicted octanol–water partition coefficient (Wildman–Crippen LogP) is 1.83. The first-order valence-electron chi connectivity index (χ1n) is 4.53. The lowest BCUT2D eigenvalue weighted by molar-refractivity contribution is 0.613. The molecule has 13 heavy (non-hydrogen) atoms. The van der Waals surface area contributed by atoms with Crippen molar-refractivity contribution < 1.29 is 4.39 Å². The van der Waals surface area contributed by atoms with Crippen LogP contribution in [0.5, 0.6) is 0 Å². The van der Waals surface area contributed by atoms with Gasteiger partial charge in [0.25, 0.3) is 0 Å². The maximum Gasteiger partial charge on any atom is 0.223 e. The molecule has 1 fully saturated rings. The highest BCUT2D eigenvalue weighted by Crippen LogP contribution is 2.35. The molecule has 0 aromatic carbocycles. The highest BCUT2D eigenvalue weighted by Gasteiger charge is 2.35. The molecule has 0 spiro atoms. The smallest absolute Gasteiger partial charge is 0.223 e. The number of hydrogen-bond acceptors (Lipinski definition) is 3. The van der Waals surface area contributed by atoms with Crippen LogP contribution in [0.15, 0.2) is 12.4 Å². The van der Waals surface area contributed by atoms with Gasteiger partial charge in [-0.1, -0.05) is 13.3 Å². The Bertz CT molecular complexity index is 285. The molecule has 0 unspecified atom stereocenters. The fraction of sp³-hybridized carbons (Fsp3) is 0.556. The largest absolute Gasteiger partial charge is 0.351 e. The summed E-state index contributed by atoms with van der Waals surface area (Å²) < 4.78 is 12.4. The highest BCUT2D eigenvalue weighted by molar-refractivity contribution is 5.28. The van der Waals surface area contributed by atoms with Crippen molar-refractivity contribution in [1.82, 2.24) is 9.97 Å². The molecule has 0 aliphatic heterocycles. The lowest BCUT2D eigenvalue weighted by Gasteiger charge is -2.01. The Kier molecular flexibility index (Phi) is 2.12. The minimum Gasteiger partial charge on any atom is -0.351 e. The molecule has 1 heterocycles. The van der Waals surface area contributed by atoms with Crippen LogP contribution in [0.25, 0.3) is 0 Å². The van der Waals surface area contributed by atoms with Crippen LogP contribution in [0.1, 0.15) is 19.8 Å². The summed E-state index contributed by atoms with van der Waals surface area (Å²) in [4.78, 5) is 7.66. The second kappa shape index (κ2) is 3.28. The Labute approximate surface area is 76.4 Å². The Balaban J connectivity index is 1.92. The fourth-order valence-corrected chi connectivity index (χ4v) is 1.43. The molecule has 1 aromatic heterocycles. The van der Waals surface area contributed by atoms with Gasteiger partial charge in [-0.25, -0.2) is 14.4 Å². The maximum absolute atomic E-state index is 12.4. The fourth-order valence-electron chi connectivity index (χ4n) is 1.43. The van der Waals surface area contributed by atoms with Crippen molar-refractivity contribution in [3.63, 3.8) is 0 Å². The summed E-state index contributed by atoms with van der Waals surface area (Å²) in [6.45, 7) is 2.16. The minimum atomic E-state index is -0.395. The van der Waals surface area contributed by atoms with Crippen LogP contribution < -0.4 is 5.32 Å². The van der Waals surface area contributed by atoms with Crippen LogP contribution in [-0.2, 0) is 0 Å². The number of halogens is 1. The number of anilines is 1. The van der Waals surface area contributed by atoms with E-state index >= 15 is 0 Å². The van der Waals surface area contributed by atoms with Gasteiger partial charge in [-0.05, 0) is 12.3 Å². The molecule has 2 atom stereocenters. The van der Waals surface area contributed by atoms with Crippen LogP contribution in [0.2, 0.25) is 0 Å². The molecule has 0 saturated heterocycles. The van der Waals surface area contributed by atoms with Crippen LogP contribution in [0.3, 0.4) is 0 Å². The van der Waals surface area contributed by atoms with E-state index in [1.165, 1.54) is 25.2 Å². The van der Waals surface area contributed by atoms with Gasteiger partial charge in [-0.2, -0.15) is 0 Å². The molecule has 1 aliphatic rings. The summed E-state index contributed by atoms with van der Waals surface area (Å²) >= 11 is 0. The van der Waals surface area contributed by atoms with Crippen molar-refractivity contribution in [2.75, 3.05) is 5.32 Å².